The zero-order valence-electron chi connectivity index (χ0n) is 13.6. The van der Waals surface area contributed by atoms with Crippen molar-refractivity contribution in [1.29, 1.82) is 0 Å². The number of ether oxygens (including phenoxy) is 3. The molecule has 3 fully saturated rings. The summed E-state index contributed by atoms with van der Waals surface area (Å²) in [7, 11) is 1.87. The van der Waals surface area contributed by atoms with Gasteiger partial charge in [-0.3, -0.25) is 0 Å². The van der Waals surface area contributed by atoms with E-state index in [0.29, 0.717) is 6.10 Å². The average molecular weight is 296 g/mol. The van der Waals surface area contributed by atoms with Crippen LogP contribution in [0.25, 0.3) is 0 Å². The molecule has 0 amide bonds. The normalized spacial score (nSPS) is 38.7. The van der Waals surface area contributed by atoms with Crippen molar-refractivity contribution in [3.05, 3.63) is 0 Å². The van der Waals surface area contributed by atoms with Crippen LogP contribution in [-0.2, 0) is 14.2 Å². The van der Waals surface area contributed by atoms with Gasteiger partial charge in [-0.05, 0) is 69.1 Å². The van der Waals surface area contributed by atoms with Gasteiger partial charge in [0.1, 0.15) is 0 Å². The highest BCUT2D eigenvalue weighted by molar-refractivity contribution is 4.82. The molecule has 3 rings (SSSR count). The quantitative estimate of drug-likeness (QED) is 0.762. The van der Waals surface area contributed by atoms with E-state index in [1.807, 2.05) is 7.11 Å². The molecule has 0 aromatic rings. The Morgan fingerprint density at radius 1 is 0.762 bits per heavy atom. The van der Waals surface area contributed by atoms with Crippen LogP contribution in [0.15, 0.2) is 0 Å². The topological polar surface area (TPSA) is 27.7 Å². The lowest BCUT2D eigenvalue weighted by molar-refractivity contribution is -0.0515. The molecule has 2 saturated carbocycles. The number of rotatable bonds is 5. The van der Waals surface area contributed by atoms with Gasteiger partial charge in [0.2, 0.25) is 0 Å². The van der Waals surface area contributed by atoms with Gasteiger partial charge in [-0.1, -0.05) is 12.8 Å². The fourth-order valence-corrected chi connectivity index (χ4v) is 4.69. The summed E-state index contributed by atoms with van der Waals surface area (Å²) in [4.78, 5) is 0. The summed E-state index contributed by atoms with van der Waals surface area (Å²) in [5.41, 5.74) is 0. The summed E-state index contributed by atoms with van der Waals surface area (Å²) in [6.45, 7) is 1.59. The molecule has 3 aliphatic rings. The van der Waals surface area contributed by atoms with E-state index in [4.69, 9.17) is 14.2 Å². The molecule has 1 aliphatic heterocycles. The number of hydrogen-bond donors (Lipinski definition) is 0. The van der Waals surface area contributed by atoms with Crippen molar-refractivity contribution in [2.24, 2.45) is 17.8 Å². The van der Waals surface area contributed by atoms with E-state index >= 15 is 0 Å². The van der Waals surface area contributed by atoms with Crippen molar-refractivity contribution in [2.45, 2.75) is 76.6 Å². The first kappa shape index (κ1) is 15.8. The molecule has 21 heavy (non-hydrogen) atoms. The molecule has 0 aromatic carbocycles. The Morgan fingerprint density at radius 2 is 1.33 bits per heavy atom. The Bertz CT molecular complexity index is 285. The molecule has 122 valence electrons. The maximum atomic E-state index is 5.55. The Kier molecular flexibility index (Phi) is 5.96. The summed E-state index contributed by atoms with van der Waals surface area (Å²) >= 11 is 0. The van der Waals surface area contributed by atoms with Gasteiger partial charge in [0.05, 0.1) is 19.3 Å². The molecule has 1 heterocycles. The standard InChI is InChI=1S/C18H32O3/c1-19-17-9-7-16(8-10-17)15-5-2-14(3-6-15)4-11-18-20-12-13-21-18/h14-18H,2-13H2,1H3. The van der Waals surface area contributed by atoms with Gasteiger partial charge >= 0.3 is 0 Å². The molecular weight excluding hydrogens is 264 g/mol. The van der Waals surface area contributed by atoms with Crippen LogP contribution in [-0.4, -0.2) is 32.7 Å². The van der Waals surface area contributed by atoms with Gasteiger partial charge in [-0.25, -0.2) is 0 Å². The molecule has 0 unspecified atom stereocenters. The number of hydrogen-bond acceptors (Lipinski definition) is 3. The molecule has 2 aliphatic carbocycles. The third kappa shape index (κ3) is 4.43. The predicted octanol–water partition coefficient (Wildman–Crippen LogP) is 4.15. The third-order valence-electron chi connectivity index (χ3n) is 6.11. The van der Waals surface area contributed by atoms with E-state index < -0.39 is 0 Å². The highest BCUT2D eigenvalue weighted by Crippen LogP contribution is 2.41. The molecule has 0 spiro atoms. The summed E-state index contributed by atoms with van der Waals surface area (Å²) in [5.74, 6) is 2.90. The minimum atomic E-state index is 0.104. The van der Waals surface area contributed by atoms with Gasteiger partial charge in [-0.2, -0.15) is 0 Å². The predicted molar refractivity (Wildman–Crippen MR) is 83.1 cm³/mol. The summed E-state index contributed by atoms with van der Waals surface area (Å²) in [5, 5.41) is 0. The lowest BCUT2D eigenvalue weighted by Crippen LogP contribution is -2.28. The zero-order valence-corrected chi connectivity index (χ0v) is 13.6. The van der Waals surface area contributed by atoms with Crippen LogP contribution in [0.3, 0.4) is 0 Å². The molecule has 1 saturated heterocycles. The Balaban J connectivity index is 1.33. The maximum absolute atomic E-state index is 5.55. The SMILES string of the molecule is COC1CCC(C2CCC(CCC3OCCO3)CC2)CC1. The molecule has 3 nitrogen and oxygen atoms in total. The van der Waals surface area contributed by atoms with Crippen LogP contribution >= 0.6 is 0 Å². The van der Waals surface area contributed by atoms with E-state index in [1.54, 1.807) is 0 Å². The fourth-order valence-electron chi connectivity index (χ4n) is 4.69. The third-order valence-corrected chi connectivity index (χ3v) is 6.11. The average Bonchev–Trinajstić information content (AvgIpc) is 3.07. The first-order chi connectivity index (χ1) is 10.3. The smallest absolute Gasteiger partial charge is 0.157 e. The van der Waals surface area contributed by atoms with Crippen LogP contribution in [0.2, 0.25) is 0 Å². The van der Waals surface area contributed by atoms with E-state index in [2.05, 4.69) is 0 Å². The van der Waals surface area contributed by atoms with Gasteiger partial charge in [0.15, 0.2) is 6.29 Å². The molecule has 0 radical (unpaired) electrons. The molecule has 0 aromatic heterocycles. The van der Waals surface area contributed by atoms with Crippen LogP contribution in [0.1, 0.15) is 64.2 Å². The lowest BCUT2D eigenvalue weighted by Gasteiger charge is -2.37. The minimum Gasteiger partial charge on any atom is -0.381 e. The highest BCUT2D eigenvalue weighted by atomic mass is 16.7. The largest absolute Gasteiger partial charge is 0.381 e. The molecular formula is C18H32O3. The Hall–Kier alpha value is -0.120. The molecule has 0 atom stereocenters. The fraction of sp³-hybridized carbons (Fsp3) is 1.00. The molecule has 0 N–H and O–H groups in total. The summed E-state index contributed by atoms with van der Waals surface area (Å²) < 4.78 is 16.6. The molecule has 3 heteroatoms. The van der Waals surface area contributed by atoms with Crippen LogP contribution < -0.4 is 0 Å². The Morgan fingerprint density at radius 3 is 1.90 bits per heavy atom. The van der Waals surface area contributed by atoms with Crippen molar-refractivity contribution in [3.63, 3.8) is 0 Å². The van der Waals surface area contributed by atoms with Crippen LogP contribution in [0.4, 0.5) is 0 Å². The van der Waals surface area contributed by atoms with Gasteiger partial charge in [0.25, 0.3) is 0 Å². The van der Waals surface area contributed by atoms with E-state index in [9.17, 15) is 0 Å². The van der Waals surface area contributed by atoms with Crippen molar-refractivity contribution in [1.82, 2.24) is 0 Å². The van der Waals surface area contributed by atoms with Gasteiger partial charge in [-0.15, -0.1) is 0 Å². The van der Waals surface area contributed by atoms with E-state index in [1.165, 1.54) is 57.8 Å². The van der Waals surface area contributed by atoms with E-state index in [-0.39, 0.29) is 6.29 Å². The van der Waals surface area contributed by atoms with Crippen molar-refractivity contribution in [2.75, 3.05) is 20.3 Å². The first-order valence-electron chi connectivity index (χ1n) is 9.11. The highest BCUT2D eigenvalue weighted by Gasteiger charge is 2.31. The zero-order chi connectivity index (χ0) is 14.5. The second-order valence-electron chi connectivity index (χ2n) is 7.30. The maximum Gasteiger partial charge on any atom is 0.157 e. The number of methoxy groups -OCH3 is 1. The lowest BCUT2D eigenvalue weighted by atomic mass is 9.70. The van der Waals surface area contributed by atoms with Crippen molar-refractivity contribution in [3.8, 4) is 0 Å². The van der Waals surface area contributed by atoms with Crippen LogP contribution in [0, 0.1) is 17.8 Å². The monoisotopic (exact) mass is 296 g/mol. The Labute approximate surface area is 129 Å². The van der Waals surface area contributed by atoms with Crippen molar-refractivity contribution >= 4 is 0 Å². The minimum absolute atomic E-state index is 0.104. The summed E-state index contributed by atoms with van der Waals surface area (Å²) in [6, 6.07) is 0. The van der Waals surface area contributed by atoms with Gasteiger partial charge < -0.3 is 14.2 Å². The van der Waals surface area contributed by atoms with Gasteiger partial charge in [0, 0.05) is 7.11 Å². The van der Waals surface area contributed by atoms with E-state index in [0.717, 1.165) is 37.4 Å². The second-order valence-corrected chi connectivity index (χ2v) is 7.30. The van der Waals surface area contributed by atoms with Crippen LogP contribution in [0.5, 0.6) is 0 Å². The summed E-state index contributed by atoms with van der Waals surface area (Å²) in [6.07, 6.45) is 14.2. The second kappa shape index (κ2) is 7.94. The molecule has 0 bridgehead atoms. The first-order valence-corrected chi connectivity index (χ1v) is 9.11. The van der Waals surface area contributed by atoms with Crippen molar-refractivity contribution < 1.29 is 14.2 Å².